The van der Waals surface area contributed by atoms with E-state index in [1.54, 1.807) is 6.20 Å². The van der Waals surface area contributed by atoms with Crippen molar-refractivity contribution < 1.29 is 0 Å². The van der Waals surface area contributed by atoms with Gasteiger partial charge in [-0.25, -0.2) is 4.68 Å². The monoisotopic (exact) mass is 205 g/mol. The van der Waals surface area contributed by atoms with Gasteiger partial charge in [0.2, 0.25) is 0 Å². The maximum atomic E-state index is 11.5. The minimum atomic E-state index is -0.129. The molecule has 1 N–H and O–H groups in total. The molecule has 1 heterocycles. The Labute approximate surface area is 89.3 Å². The largest absolute Gasteiger partial charge is 0.381 e. The molecule has 0 fully saturated rings. The van der Waals surface area contributed by atoms with Gasteiger partial charge in [0.25, 0.3) is 5.56 Å². The maximum Gasteiger partial charge on any atom is 0.268 e. The second kappa shape index (κ2) is 5.20. The van der Waals surface area contributed by atoms with Crippen LogP contribution in [0.3, 0.4) is 0 Å². The van der Waals surface area contributed by atoms with Crippen molar-refractivity contribution in [1.82, 2.24) is 9.78 Å². The lowest BCUT2D eigenvalue weighted by molar-refractivity contribution is 0.590. The Kier molecular flexibility index (Phi) is 3.92. The molecule has 0 amide bonds. The highest BCUT2D eigenvalue weighted by molar-refractivity contribution is 5.39. The molecule has 0 aromatic carbocycles. The van der Waals surface area contributed by atoms with Crippen LogP contribution in [0, 0.1) is 12.3 Å². The quantitative estimate of drug-likeness (QED) is 0.748. The van der Waals surface area contributed by atoms with E-state index in [4.69, 9.17) is 6.42 Å². The SMILES string of the molecule is C#CCCn1ncc(NC(C)C)cc1=O. The van der Waals surface area contributed by atoms with Crippen molar-refractivity contribution in [3.63, 3.8) is 0 Å². The number of nitrogens with zero attached hydrogens (tertiary/aromatic N) is 2. The van der Waals surface area contributed by atoms with Crippen LogP contribution in [0.15, 0.2) is 17.1 Å². The molecule has 1 aromatic rings. The predicted molar refractivity (Wildman–Crippen MR) is 60.7 cm³/mol. The highest BCUT2D eigenvalue weighted by Gasteiger charge is 2.00. The minimum absolute atomic E-state index is 0.129. The molecular formula is C11H15N3O. The Morgan fingerprint density at radius 1 is 1.67 bits per heavy atom. The smallest absolute Gasteiger partial charge is 0.268 e. The zero-order chi connectivity index (χ0) is 11.3. The van der Waals surface area contributed by atoms with Crippen molar-refractivity contribution in [2.45, 2.75) is 32.9 Å². The van der Waals surface area contributed by atoms with Gasteiger partial charge in [0.15, 0.2) is 0 Å². The number of terminal acetylenes is 1. The van der Waals surface area contributed by atoms with Crippen molar-refractivity contribution in [3.05, 3.63) is 22.6 Å². The Morgan fingerprint density at radius 2 is 2.40 bits per heavy atom. The molecule has 0 saturated carbocycles. The average molecular weight is 205 g/mol. The van der Waals surface area contributed by atoms with Gasteiger partial charge < -0.3 is 5.32 Å². The van der Waals surface area contributed by atoms with Crippen LogP contribution in [0.1, 0.15) is 20.3 Å². The predicted octanol–water partition coefficient (Wildman–Crippen LogP) is 1.09. The third-order valence-corrected chi connectivity index (χ3v) is 1.79. The van der Waals surface area contributed by atoms with E-state index in [0.29, 0.717) is 13.0 Å². The summed E-state index contributed by atoms with van der Waals surface area (Å²) in [5, 5.41) is 7.13. The second-order valence-corrected chi connectivity index (χ2v) is 3.56. The van der Waals surface area contributed by atoms with Crippen molar-refractivity contribution in [3.8, 4) is 12.3 Å². The lowest BCUT2D eigenvalue weighted by Gasteiger charge is -2.09. The van der Waals surface area contributed by atoms with Crippen LogP contribution in [-0.2, 0) is 6.54 Å². The summed E-state index contributed by atoms with van der Waals surface area (Å²) >= 11 is 0. The fourth-order valence-corrected chi connectivity index (χ4v) is 1.18. The molecule has 0 spiro atoms. The van der Waals surface area contributed by atoms with Crippen LogP contribution in [0.5, 0.6) is 0 Å². The summed E-state index contributed by atoms with van der Waals surface area (Å²) in [6.45, 7) is 4.48. The summed E-state index contributed by atoms with van der Waals surface area (Å²) in [5.41, 5.74) is 0.614. The second-order valence-electron chi connectivity index (χ2n) is 3.56. The van der Waals surface area contributed by atoms with Gasteiger partial charge in [0.1, 0.15) is 0 Å². The first-order valence-electron chi connectivity index (χ1n) is 4.90. The topological polar surface area (TPSA) is 46.9 Å². The van der Waals surface area contributed by atoms with Gasteiger partial charge in [0.05, 0.1) is 18.4 Å². The number of anilines is 1. The lowest BCUT2D eigenvalue weighted by atomic mass is 10.3. The molecule has 1 aromatic heterocycles. The molecule has 1 rings (SSSR count). The van der Waals surface area contributed by atoms with Crippen LogP contribution in [-0.4, -0.2) is 15.8 Å². The molecule has 80 valence electrons. The van der Waals surface area contributed by atoms with Crippen LogP contribution >= 0.6 is 0 Å². The molecule has 0 radical (unpaired) electrons. The van der Waals surface area contributed by atoms with E-state index < -0.39 is 0 Å². The van der Waals surface area contributed by atoms with Gasteiger partial charge in [-0.3, -0.25) is 4.79 Å². The van der Waals surface area contributed by atoms with Gasteiger partial charge in [-0.2, -0.15) is 5.10 Å². The number of aromatic nitrogens is 2. The highest BCUT2D eigenvalue weighted by Crippen LogP contribution is 2.01. The molecule has 0 bridgehead atoms. The van der Waals surface area contributed by atoms with E-state index in [-0.39, 0.29) is 11.6 Å². The van der Waals surface area contributed by atoms with Gasteiger partial charge >= 0.3 is 0 Å². The van der Waals surface area contributed by atoms with Crippen LogP contribution in [0.25, 0.3) is 0 Å². The number of aryl methyl sites for hydroxylation is 1. The van der Waals surface area contributed by atoms with Crippen LogP contribution in [0.4, 0.5) is 5.69 Å². The first-order valence-corrected chi connectivity index (χ1v) is 4.90. The zero-order valence-electron chi connectivity index (χ0n) is 9.03. The van der Waals surface area contributed by atoms with E-state index in [1.807, 2.05) is 13.8 Å². The number of hydrogen-bond acceptors (Lipinski definition) is 3. The minimum Gasteiger partial charge on any atom is -0.381 e. The third kappa shape index (κ3) is 3.47. The summed E-state index contributed by atoms with van der Waals surface area (Å²) < 4.78 is 1.37. The molecule has 0 atom stereocenters. The van der Waals surface area contributed by atoms with Gasteiger partial charge in [-0.15, -0.1) is 12.3 Å². The summed E-state index contributed by atoms with van der Waals surface area (Å²) in [4.78, 5) is 11.5. The molecule has 0 aliphatic rings. The number of rotatable bonds is 4. The fourth-order valence-electron chi connectivity index (χ4n) is 1.18. The fraction of sp³-hybridized carbons (Fsp3) is 0.455. The number of nitrogens with one attached hydrogen (secondary N) is 1. The Hall–Kier alpha value is -1.76. The Balaban J connectivity index is 2.80. The van der Waals surface area contributed by atoms with Gasteiger partial charge in [-0.1, -0.05) is 0 Å². The number of hydrogen-bond donors (Lipinski definition) is 1. The average Bonchev–Trinajstić information content (AvgIpc) is 2.15. The van der Waals surface area contributed by atoms with Crippen molar-refractivity contribution in [2.75, 3.05) is 5.32 Å². The van der Waals surface area contributed by atoms with Crippen molar-refractivity contribution in [1.29, 1.82) is 0 Å². The molecule has 0 saturated heterocycles. The van der Waals surface area contributed by atoms with Crippen LogP contribution < -0.4 is 10.9 Å². The van der Waals surface area contributed by atoms with Gasteiger partial charge in [0, 0.05) is 18.5 Å². The molecule has 0 aliphatic heterocycles. The van der Waals surface area contributed by atoms with Gasteiger partial charge in [-0.05, 0) is 13.8 Å². The van der Waals surface area contributed by atoms with E-state index in [2.05, 4.69) is 16.3 Å². The molecule has 0 aliphatic carbocycles. The molecule has 15 heavy (non-hydrogen) atoms. The summed E-state index contributed by atoms with van der Waals surface area (Å²) in [6.07, 6.45) is 7.27. The van der Waals surface area contributed by atoms with E-state index in [1.165, 1.54) is 10.7 Å². The first kappa shape index (κ1) is 11.3. The summed E-state index contributed by atoms with van der Waals surface area (Å²) in [7, 11) is 0. The van der Waals surface area contributed by atoms with E-state index in [9.17, 15) is 4.79 Å². The maximum absolute atomic E-state index is 11.5. The molecular weight excluding hydrogens is 190 g/mol. The summed E-state index contributed by atoms with van der Waals surface area (Å²) in [6, 6.07) is 1.82. The van der Waals surface area contributed by atoms with Crippen LogP contribution in [0.2, 0.25) is 0 Å². The molecule has 0 unspecified atom stereocenters. The Morgan fingerprint density at radius 3 is 2.93 bits per heavy atom. The highest BCUT2D eigenvalue weighted by atomic mass is 16.1. The molecule has 4 heteroatoms. The van der Waals surface area contributed by atoms with E-state index >= 15 is 0 Å². The van der Waals surface area contributed by atoms with Crippen molar-refractivity contribution in [2.24, 2.45) is 0 Å². The molecule has 4 nitrogen and oxygen atoms in total. The first-order chi connectivity index (χ1) is 7.13. The lowest BCUT2D eigenvalue weighted by Crippen LogP contribution is -2.23. The van der Waals surface area contributed by atoms with E-state index in [0.717, 1.165) is 5.69 Å². The normalized spacial score (nSPS) is 10.0. The summed E-state index contributed by atoms with van der Waals surface area (Å²) in [5.74, 6) is 2.47. The Bertz CT molecular complexity index is 415. The standard InChI is InChI=1S/C11H15N3O/c1-4-5-6-14-11(15)7-10(8-12-14)13-9(2)3/h1,7-9,13H,5-6H2,2-3H3. The van der Waals surface area contributed by atoms with Crippen molar-refractivity contribution >= 4 is 5.69 Å². The zero-order valence-corrected chi connectivity index (χ0v) is 9.03. The third-order valence-electron chi connectivity index (χ3n) is 1.79.